The van der Waals surface area contributed by atoms with Gasteiger partial charge in [0.15, 0.2) is 0 Å². The van der Waals surface area contributed by atoms with Gasteiger partial charge in [-0.2, -0.15) is 0 Å². The van der Waals surface area contributed by atoms with Crippen molar-refractivity contribution in [1.29, 1.82) is 0 Å². The van der Waals surface area contributed by atoms with Crippen molar-refractivity contribution in [3.63, 3.8) is 0 Å². The maximum atomic E-state index is 12.2. The molecule has 2 heterocycles. The third kappa shape index (κ3) is 8.59. The molecule has 2 aromatic rings. The monoisotopic (exact) mass is 483 g/mol. The first-order valence-electron chi connectivity index (χ1n) is 11.8. The summed E-state index contributed by atoms with van der Waals surface area (Å²) in [6.07, 6.45) is 2.89. The summed E-state index contributed by atoms with van der Waals surface area (Å²) in [6, 6.07) is 10.9. The molecule has 1 saturated heterocycles. The highest BCUT2D eigenvalue weighted by atomic mass is 16.6. The number of aliphatic carboxylic acids is 1. The molecule has 0 aliphatic carbocycles. The Hall–Kier alpha value is -3.62. The van der Waals surface area contributed by atoms with Crippen LogP contribution in [0.25, 0.3) is 11.3 Å². The number of carboxylic acids is 1. The molecule has 1 aliphatic heterocycles. The van der Waals surface area contributed by atoms with Crippen molar-refractivity contribution < 1.29 is 29.0 Å². The minimum absolute atomic E-state index is 0.0665. The van der Waals surface area contributed by atoms with Gasteiger partial charge in [-0.1, -0.05) is 12.1 Å². The number of hydrogen-bond donors (Lipinski definition) is 2. The van der Waals surface area contributed by atoms with Crippen molar-refractivity contribution >= 4 is 23.7 Å². The van der Waals surface area contributed by atoms with Crippen molar-refractivity contribution in [2.45, 2.75) is 52.1 Å². The maximum absolute atomic E-state index is 12.2. The minimum Gasteiger partial charge on any atom is -0.492 e. The Morgan fingerprint density at radius 2 is 1.74 bits per heavy atom. The van der Waals surface area contributed by atoms with E-state index in [-0.39, 0.29) is 24.8 Å². The number of hydrogen-bond acceptors (Lipinski definition) is 6. The molecule has 2 amide bonds. The Kier molecular flexibility index (Phi) is 8.68. The highest BCUT2D eigenvalue weighted by Crippen LogP contribution is 2.24. The van der Waals surface area contributed by atoms with E-state index in [2.05, 4.69) is 10.3 Å². The lowest BCUT2D eigenvalue weighted by atomic mass is 9.98. The molecular weight excluding hydrogens is 450 g/mol. The molecule has 0 radical (unpaired) electrons. The van der Waals surface area contributed by atoms with Crippen molar-refractivity contribution in [2.24, 2.45) is 5.92 Å². The van der Waals surface area contributed by atoms with Crippen LogP contribution in [-0.4, -0.2) is 58.3 Å². The van der Waals surface area contributed by atoms with E-state index in [0.717, 1.165) is 24.1 Å². The number of carbonyl (C=O) groups excluding carboxylic acids is 2. The van der Waals surface area contributed by atoms with Crippen LogP contribution in [0.5, 0.6) is 5.75 Å². The van der Waals surface area contributed by atoms with E-state index >= 15 is 0 Å². The molecule has 9 nitrogen and oxygen atoms in total. The smallest absolute Gasteiger partial charge is 0.410 e. The van der Waals surface area contributed by atoms with Crippen molar-refractivity contribution in [1.82, 2.24) is 9.88 Å². The molecule has 1 aromatic heterocycles. The van der Waals surface area contributed by atoms with Gasteiger partial charge in [-0.05, 0) is 63.8 Å². The molecule has 35 heavy (non-hydrogen) atoms. The summed E-state index contributed by atoms with van der Waals surface area (Å²) in [5, 5.41) is 11.3. The van der Waals surface area contributed by atoms with Crippen molar-refractivity contribution in [3.8, 4) is 17.0 Å². The summed E-state index contributed by atoms with van der Waals surface area (Å²) < 4.78 is 11.4. The van der Waals surface area contributed by atoms with Crippen LogP contribution in [0.4, 0.5) is 10.5 Å². The zero-order valence-electron chi connectivity index (χ0n) is 20.5. The van der Waals surface area contributed by atoms with Crippen LogP contribution in [0.1, 0.15) is 46.5 Å². The maximum Gasteiger partial charge on any atom is 0.410 e. The zero-order valence-corrected chi connectivity index (χ0v) is 20.5. The van der Waals surface area contributed by atoms with Crippen LogP contribution >= 0.6 is 0 Å². The number of carbonyl (C=O) groups is 3. The van der Waals surface area contributed by atoms with Crippen LogP contribution in [0.2, 0.25) is 0 Å². The lowest BCUT2D eigenvalue weighted by molar-refractivity contribution is -0.138. The highest BCUT2D eigenvalue weighted by molar-refractivity contribution is 5.92. The predicted molar refractivity (Wildman–Crippen MR) is 131 cm³/mol. The standard InChI is InChI=1S/C26H33N3O6/c1-26(2,3)35-25(33)29-14-12-18(13-15-29)17-34-21-8-9-22(27-16-21)19-4-6-20(7-5-19)28-23(30)10-11-24(31)32/h4-9,16,18H,10-15,17H2,1-3H3,(H,28,30)(H,31,32). The summed E-state index contributed by atoms with van der Waals surface area (Å²) in [6.45, 7) is 7.50. The van der Waals surface area contributed by atoms with Gasteiger partial charge in [0.1, 0.15) is 11.4 Å². The molecule has 1 fully saturated rings. The molecule has 188 valence electrons. The molecule has 1 aromatic carbocycles. The summed E-state index contributed by atoms with van der Waals surface area (Å²) in [5.74, 6) is -0.287. The SMILES string of the molecule is CC(C)(C)OC(=O)N1CCC(COc2ccc(-c3ccc(NC(=O)CCC(=O)O)cc3)nc2)CC1. The lowest BCUT2D eigenvalue weighted by Gasteiger charge is -2.33. The fourth-order valence-corrected chi connectivity index (χ4v) is 3.63. The first kappa shape index (κ1) is 26.0. The average Bonchev–Trinajstić information content (AvgIpc) is 2.81. The first-order chi connectivity index (χ1) is 16.6. The Balaban J connectivity index is 1.44. The van der Waals surface area contributed by atoms with E-state index in [0.29, 0.717) is 37.1 Å². The summed E-state index contributed by atoms with van der Waals surface area (Å²) in [7, 11) is 0. The van der Waals surface area contributed by atoms with E-state index in [1.807, 2.05) is 45.0 Å². The third-order valence-electron chi connectivity index (χ3n) is 5.52. The second-order valence-corrected chi connectivity index (χ2v) is 9.62. The number of piperidine rings is 1. The summed E-state index contributed by atoms with van der Waals surface area (Å²) in [4.78, 5) is 40.7. The Bertz CT molecular complexity index is 1010. The van der Waals surface area contributed by atoms with Crippen LogP contribution in [0.3, 0.4) is 0 Å². The molecule has 2 N–H and O–H groups in total. The predicted octanol–water partition coefficient (Wildman–Crippen LogP) is 4.58. The van der Waals surface area contributed by atoms with Gasteiger partial charge in [-0.25, -0.2) is 4.79 Å². The van der Waals surface area contributed by atoms with E-state index in [4.69, 9.17) is 14.6 Å². The van der Waals surface area contributed by atoms with Gasteiger partial charge < -0.3 is 24.8 Å². The van der Waals surface area contributed by atoms with E-state index < -0.39 is 11.6 Å². The molecule has 0 atom stereocenters. The van der Waals surface area contributed by atoms with E-state index in [1.54, 1.807) is 23.2 Å². The number of likely N-dealkylation sites (tertiary alicyclic amines) is 1. The number of ether oxygens (including phenoxy) is 2. The topological polar surface area (TPSA) is 118 Å². The van der Waals surface area contributed by atoms with Crippen molar-refractivity contribution in [2.75, 3.05) is 25.0 Å². The van der Waals surface area contributed by atoms with Gasteiger partial charge in [0, 0.05) is 30.8 Å². The van der Waals surface area contributed by atoms with Crippen LogP contribution in [0, 0.1) is 5.92 Å². The number of amides is 2. The Labute approximate surface area is 205 Å². The fraction of sp³-hybridized carbons (Fsp3) is 0.462. The highest BCUT2D eigenvalue weighted by Gasteiger charge is 2.27. The summed E-state index contributed by atoms with van der Waals surface area (Å²) >= 11 is 0. The number of pyridine rings is 1. The van der Waals surface area contributed by atoms with Crippen LogP contribution < -0.4 is 10.1 Å². The number of anilines is 1. The number of benzene rings is 1. The normalized spacial score (nSPS) is 14.3. The Morgan fingerprint density at radius 1 is 1.06 bits per heavy atom. The van der Waals surface area contributed by atoms with E-state index in [9.17, 15) is 14.4 Å². The zero-order chi connectivity index (χ0) is 25.4. The molecule has 9 heteroatoms. The third-order valence-corrected chi connectivity index (χ3v) is 5.52. The number of aromatic nitrogens is 1. The Morgan fingerprint density at radius 3 is 2.31 bits per heavy atom. The van der Waals surface area contributed by atoms with Gasteiger partial charge in [0.2, 0.25) is 5.91 Å². The molecule has 0 bridgehead atoms. The minimum atomic E-state index is -1.00. The largest absolute Gasteiger partial charge is 0.492 e. The second-order valence-electron chi connectivity index (χ2n) is 9.62. The van der Waals surface area contributed by atoms with Gasteiger partial charge in [0.05, 0.1) is 24.9 Å². The average molecular weight is 484 g/mol. The van der Waals surface area contributed by atoms with Gasteiger partial charge >= 0.3 is 12.1 Å². The van der Waals surface area contributed by atoms with Gasteiger partial charge in [0.25, 0.3) is 0 Å². The van der Waals surface area contributed by atoms with Gasteiger partial charge in [-0.3, -0.25) is 14.6 Å². The second kappa shape index (κ2) is 11.7. The summed E-state index contributed by atoms with van der Waals surface area (Å²) in [5.41, 5.74) is 1.76. The number of carboxylic acid groups (broad SMARTS) is 1. The molecule has 1 aliphatic rings. The first-order valence-corrected chi connectivity index (χ1v) is 11.8. The van der Waals surface area contributed by atoms with Gasteiger partial charge in [-0.15, -0.1) is 0 Å². The molecular formula is C26H33N3O6. The molecule has 3 rings (SSSR count). The van der Waals surface area contributed by atoms with Crippen LogP contribution in [-0.2, 0) is 14.3 Å². The number of nitrogens with one attached hydrogen (secondary N) is 1. The molecule has 0 unspecified atom stereocenters. The van der Waals surface area contributed by atoms with Crippen LogP contribution in [0.15, 0.2) is 42.6 Å². The number of nitrogens with zero attached hydrogens (tertiary/aromatic N) is 2. The molecule has 0 saturated carbocycles. The quantitative estimate of drug-likeness (QED) is 0.564. The fourth-order valence-electron chi connectivity index (χ4n) is 3.63. The lowest BCUT2D eigenvalue weighted by Crippen LogP contribution is -2.42. The van der Waals surface area contributed by atoms with E-state index in [1.165, 1.54) is 0 Å². The van der Waals surface area contributed by atoms with Crippen molar-refractivity contribution in [3.05, 3.63) is 42.6 Å². The molecule has 0 spiro atoms. The number of rotatable bonds is 8.